The van der Waals surface area contributed by atoms with Crippen LogP contribution < -0.4 is 10.1 Å². The topological polar surface area (TPSA) is 68.5 Å². The molecule has 0 saturated carbocycles. The number of phenols is 1. The quantitative estimate of drug-likeness (QED) is 0.860. The molecule has 0 spiro atoms. The van der Waals surface area contributed by atoms with Gasteiger partial charge in [0.2, 0.25) is 0 Å². The van der Waals surface area contributed by atoms with Crippen LogP contribution in [0, 0.1) is 11.3 Å². The van der Waals surface area contributed by atoms with Crippen molar-refractivity contribution in [1.82, 2.24) is 10.2 Å². The molecule has 0 aromatic heterocycles. The Hall–Kier alpha value is -1.77. The number of rotatable bonds is 5. The molecule has 0 amide bonds. The van der Waals surface area contributed by atoms with E-state index in [2.05, 4.69) is 16.3 Å². The number of ether oxygens (including phenoxy) is 1. The van der Waals surface area contributed by atoms with Gasteiger partial charge in [-0.15, -0.1) is 0 Å². The lowest BCUT2D eigenvalue weighted by Gasteiger charge is -2.39. The molecule has 1 aliphatic heterocycles. The lowest BCUT2D eigenvalue weighted by molar-refractivity contribution is 0.132. The number of phenolic OH excluding ortho intramolecular Hbond substituents is 1. The Bertz CT molecular complexity index is 521. The lowest BCUT2D eigenvalue weighted by atomic mass is 9.91. The van der Waals surface area contributed by atoms with Crippen molar-refractivity contribution in [2.24, 2.45) is 0 Å². The van der Waals surface area contributed by atoms with Gasteiger partial charge in [-0.3, -0.25) is 4.90 Å². The molecular formula is C16H23N3O2. The van der Waals surface area contributed by atoms with Crippen molar-refractivity contribution in [2.75, 3.05) is 32.8 Å². The highest BCUT2D eigenvalue weighted by molar-refractivity contribution is 5.46. The van der Waals surface area contributed by atoms with Crippen LogP contribution in [0.1, 0.15) is 19.4 Å². The monoisotopic (exact) mass is 289 g/mol. The van der Waals surface area contributed by atoms with E-state index < -0.39 is 5.54 Å². The Morgan fingerprint density at radius 3 is 2.76 bits per heavy atom. The molecule has 2 N–H and O–H groups in total. The van der Waals surface area contributed by atoms with Crippen LogP contribution in [0.3, 0.4) is 0 Å². The first-order valence-corrected chi connectivity index (χ1v) is 7.41. The second kappa shape index (κ2) is 6.79. The van der Waals surface area contributed by atoms with Gasteiger partial charge in [-0.05, 0) is 19.9 Å². The molecule has 2 rings (SSSR count). The third-order valence-corrected chi connectivity index (χ3v) is 3.97. The Morgan fingerprint density at radius 1 is 1.43 bits per heavy atom. The number of hydrogen-bond donors (Lipinski definition) is 2. The summed E-state index contributed by atoms with van der Waals surface area (Å²) in [6, 6.07) is 7.88. The maximum absolute atomic E-state index is 10.3. The molecular weight excluding hydrogens is 266 g/mol. The van der Waals surface area contributed by atoms with Crippen LogP contribution in [0.4, 0.5) is 0 Å². The molecule has 5 heteroatoms. The summed E-state index contributed by atoms with van der Waals surface area (Å²) in [5.41, 5.74) is 0.133. The Balaban J connectivity index is 2.22. The van der Waals surface area contributed by atoms with Crippen molar-refractivity contribution in [3.63, 3.8) is 0 Å². The van der Waals surface area contributed by atoms with Crippen LogP contribution in [0.2, 0.25) is 0 Å². The van der Waals surface area contributed by atoms with Crippen LogP contribution in [0.15, 0.2) is 18.2 Å². The van der Waals surface area contributed by atoms with Gasteiger partial charge in [0, 0.05) is 38.2 Å². The first kappa shape index (κ1) is 15.6. The SMILES string of the molecule is CCOc1cccc(CC(C)(C#N)N2CCNCC2)c1O. The predicted molar refractivity (Wildman–Crippen MR) is 81.4 cm³/mol. The molecule has 5 nitrogen and oxygen atoms in total. The van der Waals surface area contributed by atoms with Crippen molar-refractivity contribution >= 4 is 0 Å². The normalized spacial score (nSPS) is 18.7. The zero-order valence-electron chi connectivity index (χ0n) is 12.7. The van der Waals surface area contributed by atoms with Crippen molar-refractivity contribution < 1.29 is 9.84 Å². The average molecular weight is 289 g/mol. The van der Waals surface area contributed by atoms with E-state index in [4.69, 9.17) is 4.74 Å². The minimum atomic E-state index is -0.621. The molecule has 1 unspecified atom stereocenters. The van der Waals surface area contributed by atoms with Gasteiger partial charge in [0.05, 0.1) is 12.7 Å². The van der Waals surface area contributed by atoms with Gasteiger partial charge in [0.25, 0.3) is 0 Å². The van der Waals surface area contributed by atoms with E-state index in [1.54, 1.807) is 6.07 Å². The molecule has 1 aromatic rings. The van der Waals surface area contributed by atoms with E-state index in [-0.39, 0.29) is 5.75 Å². The molecule has 1 heterocycles. The summed E-state index contributed by atoms with van der Waals surface area (Å²) in [6.07, 6.45) is 0.482. The second-order valence-corrected chi connectivity index (χ2v) is 5.50. The smallest absolute Gasteiger partial charge is 0.161 e. The number of nitriles is 1. The fourth-order valence-electron chi connectivity index (χ4n) is 2.73. The number of hydrogen-bond acceptors (Lipinski definition) is 5. The summed E-state index contributed by atoms with van der Waals surface area (Å²) >= 11 is 0. The van der Waals surface area contributed by atoms with E-state index in [0.29, 0.717) is 18.8 Å². The summed E-state index contributed by atoms with van der Waals surface area (Å²) in [4.78, 5) is 2.18. The molecule has 1 saturated heterocycles. The summed E-state index contributed by atoms with van der Waals surface area (Å²) in [6.45, 7) is 7.79. The third-order valence-electron chi connectivity index (χ3n) is 3.97. The van der Waals surface area contributed by atoms with E-state index in [9.17, 15) is 10.4 Å². The van der Waals surface area contributed by atoms with Crippen LogP contribution in [-0.4, -0.2) is 48.3 Å². The second-order valence-electron chi connectivity index (χ2n) is 5.50. The van der Waals surface area contributed by atoms with Crippen LogP contribution >= 0.6 is 0 Å². The van der Waals surface area contributed by atoms with Crippen molar-refractivity contribution in [1.29, 1.82) is 5.26 Å². The summed E-state index contributed by atoms with van der Waals surface area (Å²) in [5.74, 6) is 0.631. The first-order valence-electron chi connectivity index (χ1n) is 7.41. The minimum absolute atomic E-state index is 0.149. The van der Waals surface area contributed by atoms with Gasteiger partial charge < -0.3 is 15.2 Å². The largest absolute Gasteiger partial charge is 0.504 e. The zero-order valence-corrected chi connectivity index (χ0v) is 12.7. The van der Waals surface area contributed by atoms with Crippen LogP contribution in [0.25, 0.3) is 0 Å². The average Bonchev–Trinajstić information content (AvgIpc) is 2.52. The standard InChI is InChI=1S/C16H23N3O2/c1-3-21-14-6-4-5-13(15(14)20)11-16(2,12-17)19-9-7-18-8-10-19/h4-6,18,20H,3,7-11H2,1-2H3. The highest BCUT2D eigenvalue weighted by atomic mass is 16.5. The maximum atomic E-state index is 10.3. The van der Waals surface area contributed by atoms with E-state index in [1.807, 2.05) is 26.0 Å². The van der Waals surface area contributed by atoms with E-state index in [1.165, 1.54) is 0 Å². The van der Waals surface area contributed by atoms with Gasteiger partial charge >= 0.3 is 0 Å². The number of nitrogens with zero attached hydrogens (tertiary/aromatic N) is 2. The highest BCUT2D eigenvalue weighted by Gasteiger charge is 2.34. The number of para-hydroxylation sites is 1. The van der Waals surface area contributed by atoms with Crippen molar-refractivity contribution in [2.45, 2.75) is 25.8 Å². The van der Waals surface area contributed by atoms with Gasteiger partial charge in [0.15, 0.2) is 11.5 Å². The van der Waals surface area contributed by atoms with Gasteiger partial charge in [-0.2, -0.15) is 5.26 Å². The van der Waals surface area contributed by atoms with Gasteiger partial charge in [-0.25, -0.2) is 0 Å². The number of benzene rings is 1. The summed E-state index contributed by atoms with van der Waals surface area (Å²) in [5, 5.41) is 23.2. The molecule has 1 aromatic carbocycles. The van der Waals surface area contributed by atoms with Gasteiger partial charge in [0.1, 0.15) is 5.54 Å². The van der Waals surface area contributed by atoms with Gasteiger partial charge in [-0.1, -0.05) is 12.1 Å². The van der Waals surface area contributed by atoms with Crippen molar-refractivity contribution in [3.8, 4) is 17.6 Å². The molecule has 1 atom stereocenters. The summed E-state index contributed by atoms with van der Waals surface area (Å²) in [7, 11) is 0. The fraction of sp³-hybridized carbons (Fsp3) is 0.562. The molecule has 0 radical (unpaired) electrons. The Kier molecular flexibility index (Phi) is 5.05. The summed E-state index contributed by atoms with van der Waals surface area (Å²) < 4.78 is 5.41. The molecule has 114 valence electrons. The van der Waals surface area contributed by atoms with Crippen LogP contribution in [0.5, 0.6) is 11.5 Å². The lowest BCUT2D eigenvalue weighted by Crippen LogP contribution is -2.55. The molecule has 0 aliphatic carbocycles. The zero-order chi connectivity index (χ0) is 15.3. The Labute approximate surface area is 126 Å². The third kappa shape index (κ3) is 3.46. The predicted octanol–water partition coefficient (Wildman–Crippen LogP) is 1.52. The fourth-order valence-corrected chi connectivity index (χ4v) is 2.73. The minimum Gasteiger partial charge on any atom is -0.504 e. The molecule has 0 bridgehead atoms. The maximum Gasteiger partial charge on any atom is 0.161 e. The first-order chi connectivity index (χ1) is 10.1. The van der Waals surface area contributed by atoms with Crippen LogP contribution in [-0.2, 0) is 6.42 Å². The highest BCUT2D eigenvalue weighted by Crippen LogP contribution is 2.33. The number of piperazine rings is 1. The Morgan fingerprint density at radius 2 is 2.14 bits per heavy atom. The molecule has 1 aliphatic rings. The van der Waals surface area contributed by atoms with E-state index >= 15 is 0 Å². The number of aromatic hydroxyl groups is 1. The van der Waals surface area contributed by atoms with E-state index in [0.717, 1.165) is 31.7 Å². The number of nitrogens with one attached hydrogen (secondary N) is 1. The van der Waals surface area contributed by atoms with Crippen molar-refractivity contribution in [3.05, 3.63) is 23.8 Å². The molecule has 21 heavy (non-hydrogen) atoms. The molecule has 1 fully saturated rings.